The van der Waals surface area contributed by atoms with E-state index in [4.69, 9.17) is 0 Å². The number of carbonyl (C=O) groups is 3. The Kier molecular flexibility index (Phi) is 6.71. The molecule has 0 aliphatic rings. The second-order valence-electron chi connectivity index (χ2n) is 6.11. The molecule has 1 heterocycles. The first-order valence-corrected chi connectivity index (χ1v) is 9.63. The minimum atomic E-state index is -0.370. The van der Waals surface area contributed by atoms with Crippen molar-refractivity contribution in [3.63, 3.8) is 0 Å². The minimum absolute atomic E-state index is 0.261. The lowest BCUT2D eigenvalue weighted by atomic mass is 10.1. The molecule has 3 rings (SSSR count). The van der Waals surface area contributed by atoms with Gasteiger partial charge in [-0.25, -0.2) is 4.98 Å². The molecule has 3 amide bonds. The number of aromatic nitrogens is 1. The zero-order valence-electron chi connectivity index (χ0n) is 15.7. The summed E-state index contributed by atoms with van der Waals surface area (Å²) in [5.74, 6) is -1.09. The number of nitrogens with zero attached hydrogens (tertiary/aromatic N) is 1. The van der Waals surface area contributed by atoms with E-state index in [-0.39, 0.29) is 23.4 Å². The van der Waals surface area contributed by atoms with E-state index in [1.54, 1.807) is 66.7 Å². The highest BCUT2D eigenvalue weighted by atomic mass is 79.9. The fourth-order valence-electron chi connectivity index (χ4n) is 2.54. The van der Waals surface area contributed by atoms with Gasteiger partial charge in [-0.05, 0) is 70.5 Å². The number of anilines is 3. The summed E-state index contributed by atoms with van der Waals surface area (Å²) in [6, 6.07) is 18.3. The predicted octanol–water partition coefficient (Wildman–Crippen LogP) is 4.47. The zero-order valence-corrected chi connectivity index (χ0v) is 17.3. The quantitative estimate of drug-likeness (QED) is 0.369. The van der Waals surface area contributed by atoms with Gasteiger partial charge in [0.1, 0.15) is 10.3 Å². The second-order valence-corrected chi connectivity index (χ2v) is 6.92. The molecule has 0 radical (unpaired) electrons. The van der Waals surface area contributed by atoms with E-state index >= 15 is 0 Å². The normalized spacial score (nSPS) is 10.0. The molecule has 150 valence electrons. The summed E-state index contributed by atoms with van der Waals surface area (Å²) in [5.41, 5.74) is 2.11. The number of hydrogen-bond donors (Lipinski definition) is 3. The minimum Gasteiger partial charge on any atom is -0.323 e. The Morgan fingerprint density at radius 1 is 0.800 bits per heavy atom. The standard InChI is InChI=1S/C22H17BrN4O3/c1-2-20(28)24-15-7-3-6-14(12-15)21(29)25-16-8-4-9-17(13-16)26-22(30)18-10-5-11-19(23)27-18/h2-13H,1H2,(H,24,28)(H,25,29)(H,26,30). The van der Waals surface area contributed by atoms with Crippen LogP contribution in [0, 0.1) is 0 Å². The number of benzene rings is 2. The van der Waals surface area contributed by atoms with Gasteiger partial charge < -0.3 is 16.0 Å². The Balaban J connectivity index is 1.70. The van der Waals surface area contributed by atoms with Gasteiger partial charge in [-0.3, -0.25) is 14.4 Å². The fraction of sp³-hybridized carbons (Fsp3) is 0. The molecule has 0 aliphatic heterocycles. The van der Waals surface area contributed by atoms with Crippen molar-refractivity contribution >= 4 is 50.7 Å². The summed E-state index contributed by atoms with van der Waals surface area (Å²) in [7, 11) is 0. The van der Waals surface area contributed by atoms with Gasteiger partial charge >= 0.3 is 0 Å². The molecule has 3 aromatic rings. The van der Waals surface area contributed by atoms with Crippen molar-refractivity contribution in [2.75, 3.05) is 16.0 Å². The van der Waals surface area contributed by atoms with Crippen LogP contribution in [0.4, 0.5) is 17.1 Å². The van der Waals surface area contributed by atoms with Crippen molar-refractivity contribution in [1.29, 1.82) is 0 Å². The molecule has 1 aromatic heterocycles. The van der Waals surface area contributed by atoms with Gasteiger partial charge in [-0.1, -0.05) is 24.8 Å². The summed E-state index contributed by atoms with van der Waals surface area (Å²) < 4.78 is 0.558. The van der Waals surface area contributed by atoms with E-state index in [1.807, 2.05) is 0 Å². The van der Waals surface area contributed by atoms with Crippen LogP contribution in [-0.2, 0) is 4.79 Å². The van der Waals surface area contributed by atoms with Gasteiger partial charge in [0.25, 0.3) is 11.8 Å². The number of amides is 3. The summed E-state index contributed by atoms with van der Waals surface area (Å²) in [4.78, 5) is 40.5. The molecule has 0 spiro atoms. The van der Waals surface area contributed by atoms with E-state index < -0.39 is 0 Å². The smallest absolute Gasteiger partial charge is 0.274 e. The topological polar surface area (TPSA) is 100 Å². The SMILES string of the molecule is C=CC(=O)Nc1cccc(C(=O)Nc2cccc(NC(=O)c3cccc(Br)n3)c2)c1. The van der Waals surface area contributed by atoms with Crippen LogP contribution in [0.2, 0.25) is 0 Å². The van der Waals surface area contributed by atoms with Crippen LogP contribution in [0.5, 0.6) is 0 Å². The van der Waals surface area contributed by atoms with E-state index in [9.17, 15) is 14.4 Å². The summed E-state index contributed by atoms with van der Waals surface area (Å²) in [6.45, 7) is 3.39. The van der Waals surface area contributed by atoms with E-state index in [2.05, 4.69) is 43.4 Å². The van der Waals surface area contributed by atoms with Crippen molar-refractivity contribution < 1.29 is 14.4 Å². The second kappa shape index (κ2) is 9.62. The summed E-state index contributed by atoms with van der Waals surface area (Å²) in [5, 5.41) is 8.12. The number of pyridine rings is 1. The highest BCUT2D eigenvalue weighted by Gasteiger charge is 2.11. The molecule has 0 unspecified atom stereocenters. The maximum absolute atomic E-state index is 12.6. The lowest BCUT2D eigenvalue weighted by Crippen LogP contribution is -2.15. The third-order valence-electron chi connectivity index (χ3n) is 3.90. The average Bonchev–Trinajstić information content (AvgIpc) is 2.74. The van der Waals surface area contributed by atoms with Crippen LogP contribution in [0.25, 0.3) is 0 Å². The molecule has 3 N–H and O–H groups in total. The maximum atomic E-state index is 12.6. The molecule has 8 heteroatoms. The van der Waals surface area contributed by atoms with Crippen LogP contribution in [0.15, 0.2) is 84.0 Å². The molecular weight excluding hydrogens is 448 g/mol. The molecule has 0 aliphatic carbocycles. The van der Waals surface area contributed by atoms with Gasteiger partial charge in [-0.15, -0.1) is 0 Å². The summed E-state index contributed by atoms with van der Waals surface area (Å²) >= 11 is 3.23. The molecule has 2 aromatic carbocycles. The van der Waals surface area contributed by atoms with Crippen molar-refractivity contribution in [1.82, 2.24) is 4.98 Å². The predicted molar refractivity (Wildman–Crippen MR) is 120 cm³/mol. The van der Waals surface area contributed by atoms with Crippen LogP contribution in [0.3, 0.4) is 0 Å². The van der Waals surface area contributed by atoms with Gasteiger partial charge in [0, 0.05) is 22.6 Å². The third-order valence-corrected chi connectivity index (χ3v) is 4.35. The Labute approximate surface area is 181 Å². The van der Waals surface area contributed by atoms with Gasteiger partial charge in [0.2, 0.25) is 5.91 Å². The van der Waals surface area contributed by atoms with Gasteiger partial charge in [0.05, 0.1) is 0 Å². The Morgan fingerprint density at radius 2 is 1.40 bits per heavy atom. The highest BCUT2D eigenvalue weighted by Crippen LogP contribution is 2.18. The first-order chi connectivity index (χ1) is 14.4. The number of hydrogen-bond acceptors (Lipinski definition) is 4. The molecule has 0 fully saturated rings. The van der Waals surface area contributed by atoms with E-state index in [0.29, 0.717) is 27.2 Å². The molecule has 7 nitrogen and oxygen atoms in total. The third kappa shape index (κ3) is 5.62. The first-order valence-electron chi connectivity index (χ1n) is 8.83. The monoisotopic (exact) mass is 464 g/mol. The van der Waals surface area contributed by atoms with Crippen LogP contribution in [0.1, 0.15) is 20.8 Å². The number of rotatable bonds is 6. The van der Waals surface area contributed by atoms with Crippen molar-refractivity contribution in [3.8, 4) is 0 Å². The Morgan fingerprint density at radius 3 is 2.07 bits per heavy atom. The largest absolute Gasteiger partial charge is 0.323 e. The van der Waals surface area contributed by atoms with Crippen LogP contribution < -0.4 is 16.0 Å². The van der Waals surface area contributed by atoms with Crippen LogP contribution >= 0.6 is 15.9 Å². The van der Waals surface area contributed by atoms with E-state index in [1.165, 1.54) is 0 Å². The molecular formula is C22H17BrN4O3. The molecule has 0 atom stereocenters. The van der Waals surface area contributed by atoms with Crippen molar-refractivity contribution in [3.05, 3.63) is 95.2 Å². The van der Waals surface area contributed by atoms with E-state index in [0.717, 1.165) is 6.08 Å². The van der Waals surface area contributed by atoms with Gasteiger partial charge in [0.15, 0.2) is 0 Å². The highest BCUT2D eigenvalue weighted by molar-refractivity contribution is 9.10. The maximum Gasteiger partial charge on any atom is 0.274 e. The first kappa shape index (κ1) is 20.9. The lowest BCUT2D eigenvalue weighted by Gasteiger charge is -2.10. The summed E-state index contributed by atoms with van der Waals surface area (Å²) in [6.07, 6.45) is 1.15. The Bertz CT molecular complexity index is 1130. The molecule has 0 saturated heterocycles. The molecule has 0 bridgehead atoms. The van der Waals surface area contributed by atoms with Crippen LogP contribution in [-0.4, -0.2) is 22.7 Å². The zero-order chi connectivity index (χ0) is 21.5. The Hall–Kier alpha value is -3.78. The number of carbonyl (C=O) groups excluding carboxylic acids is 3. The lowest BCUT2D eigenvalue weighted by molar-refractivity contribution is -0.111. The average molecular weight is 465 g/mol. The van der Waals surface area contributed by atoms with Crippen molar-refractivity contribution in [2.45, 2.75) is 0 Å². The van der Waals surface area contributed by atoms with Crippen molar-refractivity contribution in [2.24, 2.45) is 0 Å². The van der Waals surface area contributed by atoms with Gasteiger partial charge in [-0.2, -0.15) is 0 Å². The number of halogens is 1. The fourth-order valence-corrected chi connectivity index (χ4v) is 2.88. The molecule has 0 saturated carbocycles. The molecule has 30 heavy (non-hydrogen) atoms. The number of nitrogens with one attached hydrogen (secondary N) is 3.